The lowest BCUT2D eigenvalue weighted by Crippen LogP contribution is -2.31. The SMILES string of the molecule is C[C@]1(CCc2ccccc2)CCSC(N)=N1. The van der Waals surface area contributed by atoms with Gasteiger partial charge in [-0.05, 0) is 31.7 Å². The molecule has 16 heavy (non-hydrogen) atoms. The minimum Gasteiger partial charge on any atom is -0.379 e. The summed E-state index contributed by atoms with van der Waals surface area (Å²) in [7, 11) is 0. The Morgan fingerprint density at radius 2 is 2.12 bits per heavy atom. The average molecular weight is 234 g/mol. The van der Waals surface area contributed by atoms with Gasteiger partial charge in [0.25, 0.3) is 0 Å². The number of benzene rings is 1. The van der Waals surface area contributed by atoms with Gasteiger partial charge in [0, 0.05) is 5.75 Å². The van der Waals surface area contributed by atoms with Crippen LogP contribution < -0.4 is 5.73 Å². The molecule has 1 aromatic rings. The van der Waals surface area contributed by atoms with E-state index in [0.29, 0.717) is 0 Å². The Kier molecular flexibility index (Phi) is 3.54. The number of hydrogen-bond acceptors (Lipinski definition) is 3. The van der Waals surface area contributed by atoms with E-state index < -0.39 is 0 Å². The van der Waals surface area contributed by atoms with Crippen molar-refractivity contribution in [3.63, 3.8) is 0 Å². The predicted octanol–water partition coefficient (Wildman–Crippen LogP) is 2.83. The van der Waals surface area contributed by atoms with Gasteiger partial charge in [-0.3, -0.25) is 4.99 Å². The molecule has 2 rings (SSSR count). The van der Waals surface area contributed by atoms with Gasteiger partial charge in [-0.25, -0.2) is 0 Å². The number of nitrogens with two attached hydrogens (primary N) is 1. The molecule has 0 saturated carbocycles. The van der Waals surface area contributed by atoms with Crippen molar-refractivity contribution >= 4 is 16.9 Å². The van der Waals surface area contributed by atoms with Gasteiger partial charge in [-0.2, -0.15) is 0 Å². The minimum absolute atomic E-state index is 0.0468. The quantitative estimate of drug-likeness (QED) is 0.873. The molecule has 1 aromatic carbocycles. The highest BCUT2D eigenvalue weighted by Gasteiger charge is 2.26. The highest BCUT2D eigenvalue weighted by Crippen LogP contribution is 2.29. The lowest BCUT2D eigenvalue weighted by atomic mass is 9.91. The molecule has 0 unspecified atom stereocenters. The fraction of sp³-hybridized carbons (Fsp3) is 0.462. The Bertz CT molecular complexity index is 375. The molecule has 86 valence electrons. The van der Waals surface area contributed by atoms with E-state index in [1.807, 2.05) is 0 Å². The van der Waals surface area contributed by atoms with E-state index in [9.17, 15) is 0 Å². The first-order valence-corrected chi connectivity index (χ1v) is 6.69. The smallest absolute Gasteiger partial charge is 0.154 e. The minimum atomic E-state index is 0.0468. The third-order valence-corrected chi connectivity index (χ3v) is 3.86. The number of aliphatic imine (C=N–C) groups is 1. The maximum atomic E-state index is 5.79. The van der Waals surface area contributed by atoms with Crippen LogP contribution in [0.1, 0.15) is 25.3 Å². The molecule has 0 fully saturated rings. The van der Waals surface area contributed by atoms with Crippen molar-refractivity contribution in [1.29, 1.82) is 0 Å². The van der Waals surface area contributed by atoms with Crippen molar-refractivity contribution < 1.29 is 0 Å². The van der Waals surface area contributed by atoms with Gasteiger partial charge in [-0.15, -0.1) is 0 Å². The Morgan fingerprint density at radius 1 is 1.38 bits per heavy atom. The standard InChI is InChI=1S/C13H18N2S/c1-13(9-10-16-12(14)15-13)8-7-11-5-3-2-4-6-11/h2-6H,7-10H2,1H3,(H2,14,15)/t13-/m0/s1. The topological polar surface area (TPSA) is 38.4 Å². The maximum Gasteiger partial charge on any atom is 0.154 e. The van der Waals surface area contributed by atoms with Gasteiger partial charge in [0.2, 0.25) is 0 Å². The molecular weight excluding hydrogens is 216 g/mol. The zero-order chi connectivity index (χ0) is 11.4. The zero-order valence-electron chi connectivity index (χ0n) is 9.65. The second-order valence-electron chi connectivity index (χ2n) is 4.53. The van der Waals surface area contributed by atoms with Gasteiger partial charge in [-0.1, -0.05) is 42.1 Å². The normalized spacial score (nSPS) is 25.2. The van der Waals surface area contributed by atoms with Crippen molar-refractivity contribution in [3.05, 3.63) is 35.9 Å². The Morgan fingerprint density at radius 3 is 2.81 bits per heavy atom. The molecule has 1 aliphatic heterocycles. The molecule has 1 heterocycles. The van der Waals surface area contributed by atoms with Crippen LogP contribution in [0.4, 0.5) is 0 Å². The van der Waals surface area contributed by atoms with Crippen molar-refractivity contribution in [2.24, 2.45) is 10.7 Å². The summed E-state index contributed by atoms with van der Waals surface area (Å²) in [5.74, 6) is 1.10. The van der Waals surface area contributed by atoms with Gasteiger partial charge in [0.05, 0.1) is 5.54 Å². The number of thioether (sulfide) groups is 1. The van der Waals surface area contributed by atoms with Crippen molar-refractivity contribution in [2.45, 2.75) is 31.7 Å². The molecule has 0 spiro atoms. The summed E-state index contributed by atoms with van der Waals surface area (Å²) in [6, 6.07) is 10.6. The average Bonchev–Trinajstić information content (AvgIpc) is 2.28. The van der Waals surface area contributed by atoms with Crippen LogP contribution in [0.5, 0.6) is 0 Å². The number of aryl methyl sites for hydroxylation is 1. The number of rotatable bonds is 3. The summed E-state index contributed by atoms with van der Waals surface area (Å²) < 4.78 is 0. The van der Waals surface area contributed by atoms with Crippen LogP contribution in [0.3, 0.4) is 0 Å². The summed E-state index contributed by atoms with van der Waals surface area (Å²) in [6.45, 7) is 2.21. The second kappa shape index (κ2) is 4.91. The number of amidine groups is 1. The van der Waals surface area contributed by atoms with E-state index in [1.165, 1.54) is 5.56 Å². The van der Waals surface area contributed by atoms with Crippen LogP contribution in [-0.2, 0) is 6.42 Å². The van der Waals surface area contributed by atoms with Crippen LogP contribution in [0.2, 0.25) is 0 Å². The molecule has 0 radical (unpaired) electrons. The lowest BCUT2D eigenvalue weighted by molar-refractivity contribution is 0.423. The van der Waals surface area contributed by atoms with Crippen LogP contribution in [0.25, 0.3) is 0 Å². The second-order valence-corrected chi connectivity index (χ2v) is 5.65. The predicted molar refractivity (Wildman–Crippen MR) is 71.9 cm³/mol. The summed E-state index contributed by atoms with van der Waals surface area (Å²) in [6.07, 6.45) is 3.29. The molecule has 3 heteroatoms. The molecule has 0 aromatic heterocycles. The molecule has 1 aliphatic rings. The molecule has 0 amide bonds. The van der Waals surface area contributed by atoms with E-state index in [-0.39, 0.29) is 5.54 Å². The fourth-order valence-corrected chi connectivity index (χ4v) is 3.00. The third-order valence-electron chi connectivity index (χ3n) is 3.07. The van der Waals surface area contributed by atoms with Crippen LogP contribution in [0, 0.1) is 0 Å². The molecule has 1 atom stereocenters. The van der Waals surface area contributed by atoms with Gasteiger partial charge in [0.1, 0.15) is 0 Å². The first kappa shape index (κ1) is 11.5. The summed E-state index contributed by atoms with van der Waals surface area (Å²) in [5, 5.41) is 0.752. The van der Waals surface area contributed by atoms with Gasteiger partial charge in [0.15, 0.2) is 5.17 Å². The summed E-state index contributed by atoms with van der Waals surface area (Å²) >= 11 is 1.67. The maximum absolute atomic E-state index is 5.79. The molecule has 0 bridgehead atoms. The largest absolute Gasteiger partial charge is 0.379 e. The monoisotopic (exact) mass is 234 g/mol. The van der Waals surface area contributed by atoms with Crippen molar-refractivity contribution in [3.8, 4) is 0 Å². The van der Waals surface area contributed by atoms with Gasteiger partial charge < -0.3 is 5.73 Å². The first-order valence-electron chi connectivity index (χ1n) is 5.70. The molecular formula is C13H18N2S. The van der Waals surface area contributed by atoms with Crippen molar-refractivity contribution in [1.82, 2.24) is 0 Å². The number of hydrogen-bond donors (Lipinski definition) is 1. The van der Waals surface area contributed by atoms with E-state index in [1.54, 1.807) is 11.8 Å². The summed E-state index contributed by atoms with van der Waals surface area (Å²) in [5.41, 5.74) is 7.22. The highest BCUT2D eigenvalue weighted by atomic mass is 32.2. The van der Waals surface area contributed by atoms with Crippen LogP contribution in [-0.4, -0.2) is 16.5 Å². The molecule has 2 nitrogen and oxygen atoms in total. The van der Waals surface area contributed by atoms with E-state index in [2.05, 4.69) is 42.2 Å². The number of nitrogens with zero attached hydrogens (tertiary/aromatic N) is 1. The Balaban J connectivity index is 1.97. The molecule has 2 N–H and O–H groups in total. The zero-order valence-corrected chi connectivity index (χ0v) is 10.5. The lowest BCUT2D eigenvalue weighted by Gasteiger charge is -2.29. The van der Waals surface area contributed by atoms with Gasteiger partial charge >= 0.3 is 0 Å². The van der Waals surface area contributed by atoms with Crippen LogP contribution in [0.15, 0.2) is 35.3 Å². The first-order chi connectivity index (χ1) is 7.68. The highest BCUT2D eigenvalue weighted by molar-refractivity contribution is 8.13. The van der Waals surface area contributed by atoms with Crippen LogP contribution >= 0.6 is 11.8 Å². The fourth-order valence-electron chi connectivity index (χ4n) is 1.97. The molecule has 0 saturated heterocycles. The summed E-state index contributed by atoms with van der Waals surface area (Å²) in [4.78, 5) is 4.59. The third kappa shape index (κ3) is 3.01. The Hall–Kier alpha value is -0.960. The van der Waals surface area contributed by atoms with E-state index >= 15 is 0 Å². The van der Waals surface area contributed by atoms with E-state index in [4.69, 9.17) is 5.73 Å². The Labute approximate surface area is 101 Å². The van der Waals surface area contributed by atoms with E-state index in [0.717, 1.165) is 30.2 Å². The van der Waals surface area contributed by atoms with Crippen molar-refractivity contribution in [2.75, 3.05) is 5.75 Å². The molecule has 0 aliphatic carbocycles.